The first-order valence-electron chi connectivity index (χ1n) is 6.37. The Morgan fingerprint density at radius 2 is 2.06 bits per heavy atom. The molecule has 4 heteroatoms. The van der Waals surface area contributed by atoms with Gasteiger partial charge in [0.25, 0.3) is 0 Å². The Bertz CT molecular complexity index is 532. The molecule has 2 heterocycles. The van der Waals surface area contributed by atoms with E-state index in [1.54, 1.807) is 13.1 Å². The molecule has 0 bridgehead atoms. The van der Waals surface area contributed by atoms with Gasteiger partial charge < -0.3 is 5.11 Å². The van der Waals surface area contributed by atoms with Crippen LogP contribution in [0.2, 0.25) is 0 Å². The summed E-state index contributed by atoms with van der Waals surface area (Å²) in [6.07, 6.45) is 3.05. The van der Waals surface area contributed by atoms with Crippen molar-refractivity contribution in [3.05, 3.63) is 41.3 Å². The molecule has 1 unspecified atom stereocenters. The Labute approximate surface area is 107 Å². The van der Waals surface area contributed by atoms with Crippen LogP contribution in [0.5, 0.6) is 0 Å². The third-order valence-corrected chi connectivity index (χ3v) is 3.03. The van der Waals surface area contributed by atoms with Gasteiger partial charge in [-0.05, 0) is 43.5 Å². The minimum atomic E-state index is -0.488. The molecule has 96 valence electrons. The average Bonchev–Trinajstić information content (AvgIpc) is 2.82. The lowest BCUT2D eigenvalue weighted by Crippen LogP contribution is -2.05. The predicted octanol–water partition coefficient (Wildman–Crippen LogP) is 2.45. The van der Waals surface area contributed by atoms with Gasteiger partial charge in [-0.3, -0.25) is 0 Å². The van der Waals surface area contributed by atoms with E-state index in [2.05, 4.69) is 30.0 Å². The van der Waals surface area contributed by atoms with E-state index in [-0.39, 0.29) is 0 Å². The van der Waals surface area contributed by atoms with Crippen molar-refractivity contribution in [3.63, 3.8) is 0 Å². The summed E-state index contributed by atoms with van der Waals surface area (Å²) in [5, 5.41) is 14.2. The smallest absolute Gasteiger partial charge is 0.153 e. The molecule has 0 aliphatic carbocycles. The summed E-state index contributed by atoms with van der Waals surface area (Å²) >= 11 is 0. The molecule has 0 fully saturated rings. The summed E-state index contributed by atoms with van der Waals surface area (Å²) in [6.45, 7) is 5.94. The van der Waals surface area contributed by atoms with Gasteiger partial charge >= 0.3 is 0 Å². The Kier molecular flexibility index (Phi) is 3.77. The number of pyridine rings is 1. The topological polar surface area (TPSA) is 50.9 Å². The molecule has 0 aromatic carbocycles. The van der Waals surface area contributed by atoms with E-state index in [9.17, 15) is 5.11 Å². The zero-order valence-electron chi connectivity index (χ0n) is 11.1. The molecular weight excluding hydrogens is 226 g/mol. The van der Waals surface area contributed by atoms with Crippen molar-refractivity contribution in [1.82, 2.24) is 14.8 Å². The zero-order chi connectivity index (χ0) is 13.1. The molecule has 0 saturated carbocycles. The maximum Gasteiger partial charge on any atom is 0.153 e. The molecule has 4 nitrogen and oxygen atoms in total. The van der Waals surface area contributed by atoms with Crippen molar-refractivity contribution in [2.75, 3.05) is 0 Å². The second-order valence-corrected chi connectivity index (χ2v) is 4.37. The van der Waals surface area contributed by atoms with Crippen molar-refractivity contribution >= 4 is 0 Å². The molecule has 0 amide bonds. The molecule has 0 aliphatic heterocycles. The summed E-state index contributed by atoms with van der Waals surface area (Å²) in [5.41, 5.74) is 3.06. The van der Waals surface area contributed by atoms with Gasteiger partial charge in [0.1, 0.15) is 0 Å². The highest BCUT2D eigenvalue weighted by molar-refractivity contribution is 5.31. The minimum Gasteiger partial charge on any atom is -0.389 e. The molecular formula is C14H19N3O. The first-order valence-corrected chi connectivity index (χ1v) is 6.37. The van der Waals surface area contributed by atoms with Gasteiger partial charge in [-0.25, -0.2) is 9.67 Å². The highest BCUT2D eigenvalue weighted by Gasteiger charge is 2.10. The fraction of sp³-hybridized carbons (Fsp3) is 0.429. The van der Waals surface area contributed by atoms with Gasteiger partial charge in [0.2, 0.25) is 0 Å². The van der Waals surface area contributed by atoms with Gasteiger partial charge in [0, 0.05) is 11.9 Å². The predicted molar refractivity (Wildman–Crippen MR) is 70.7 cm³/mol. The van der Waals surface area contributed by atoms with E-state index in [0.717, 1.165) is 35.6 Å². The SMILES string of the molecule is CCc1cc(CC)n(-c2cc(C(C)O)ccn2)n1. The Morgan fingerprint density at radius 1 is 1.28 bits per heavy atom. The van der Waals surface area contributed by atoms with Crippen molar-refractivity contribution in [2.24, 2.45) is 0 Å². The Balaban J connectivity index is 2.47. The second kappa shape index (κ2) is 5.31. The summed E-state index contributed by atoms with van der Waals surface area (Å²) in [5.74, 6) is 0.768. The van der Waals surface area contributed by atoms with E-state index in [4.69, 9.17) is 0 Å². The van der Waals surface area contributed by atoms with E-state index < -0.39 is 6.10 Å². The summed E-state index contributed by atoms with van der Waals surface area (Å²) in [6, 6.07) is 5.82. The number of hydrogen-bond donors (Lipinski definition) is 1. The van der Waals surface area contributed by atoms with Crippen LogP contribution in [-0.4, -0.2) is 19.9 Å². The molecule has 2 aromatic heterocycles. The van der Waals surface area contributed by atoms with Crippen molar-refractivity contribution < 1.29 is 5.11 Å². The summed E-state index contributed by atoms with van der Waals surface area (Å²) in [4.78, 5) is 4.34. The molecule has 1 N–H and O–H groups in total. The lowest BCUT2D eigenvalue weighted by molar-refractivity contribution is 0.199. The number of aromatic nitrogens is 3. The third-order valence-electron chi connectivity index (χ3n) is 3.03. The van der Waals surface area contributed by atoms with E-state index in [1.165, 1.54) is 0 Å². The maximum absolute atomic E-state index is 9.62. The molecule has 2 rings (SSSR count). The van der Waals surface area contributed by atoms with Crippen LogP contribution in [0.25, 0.3) is 5.82 Å². The van der Waals surface area contributed by atoms with Gasteiger partial charge in [-0.1, -0.05) is 13.8 Å². The van der Waals surface area contributed by atoms with Crippen LogP contribution in [-0.2, 0) is 12.8 Å². The number of aliphatic hydroxyl groups excluding tert-OH is 1. The average molecular weight is 245 g/mol. The van der Waals surface area contributed by atoms with Crippen LogP contribution in [0.15, 0.2) is 24.4 Å². The number of aryl methyl sites for hydroxylation is 2. The molecule has 1 atom stereocenters. The van der Waals surface area contributed by atoms with Gasteiger partial charge in [-0.2, -0.15) is 5.10 Å². The molecule has 2 aromatic rings. The standard InChI is InChI=1S/C14H19N3O/c1-4-12-9-13(5-2)17(16-12)14-8-11(10(3)18)6-7-15-14/h6-10,18H,4-5H2,1-3H3. The number of rotatable bonds is 4. The number of aliphatic hydroxyl groups is 1. The lowest BCUT2D eigenvalue weighted by atomic mass is 10.2. The second-order valence-electron chi connectivity index (χ2n) is 4.37. The Hall–Kier alpha value is -1.68. The highest BCUT2D eigenvalue weighted by atomic mass is 16.3. The van der Waals surface area contributed by atoms with E-state index >= 15 is 0 Å². The largest absolute Gasteiger partial charge is 0.389 e. The first-order chi connectivity index (χ1) is 8.65. The van der Waals surface area contributed by atoms with Crippen molar-refractivity contribution in [3.8, 4) is 5.82 Å². The lowest BCUT2D eigenvalue weighted by Gasteiger charge is -2.08. The fourth-order valence-corrected chi connectivity index (χ4v) is 1.91. The zero-order valence-corrected chi connectivity index (χ0v) is 11.1. The van der Waals surface area contributed by atoms with Crippen LogP contribution in [0, 0.1) is 0 Å². The van der Waals surface area contributed by atoms with Crippen LogP contribution in [0.4, 0.5) is 0 Å². The Morgan fingerprint density at radius 3 is 2.67 bits per heavy atom. The maximum atomic E-state index is 9.62. The quantitative estimate of drug-likeness (QED) is 0.900. The van der Waals surface area contributed by atoms with Crippen LogP contribution >= 0.6 is 0 Å². The number of hydrogen-bond acceptors (Lipinski definition) is 3. The van der Waals surface area contributed by atoms with Crippen molar-refractivity contribution in [2.45, 2.75) is 39.7 Å². The third kappa shape index (κ3) is 2.43. The number of nitrogens with zero attached hydrogens (tertiary/aromatic N) is 3. The van der Waals surface area contributed by atoms with E-state index in [1.807, 2.05) is 16.8 Å². The van der Waals surface area contributed by atoms with Crippen LogP contribution in [0.1, 0.15) is 43.8 Å². The van der Waals surface area contributed by atoms with Gasteiger partial charge in [-0.15, -0.1) is 0 Å². The fourth-order valence-electron chi connectivity index (χ4n) is 1.91. The molecule has 0 radical (unpaired) electrons. The monoisotopic (exact) mass is 245 g/mol. The first kappa shape index (κ1) is 12.8. The molecule has 0 saturated heterocycles. The summed E-state index contributed by atoms with van der Waals surface area (Å²) in [7, 11) is 0. The van der Waals surface area contributed by atoms with Gasteiger partial charge in [0.15, 0.2) is 5.82 Å². The van der Waals surface area contributed by atoms with Gasteiger partial charge in [0.05, 0.1) is 11.8 Å². The van der Waals surface area contributed by atoms with E-state index in [0.29, 0.717) is 0 Å². The van der Waals surface area contributed by atoms with Crippen LogP contribution in [0.3, 0.4) is 0 Å². The molecule has 0 aliphatic rings. The summed E-state index contributed by atoms with van der Waals surface area (Å²) < 4.78 is 1.87. The highest BCUT2D eigenvalue weighted by Crippen LogP contribution is 2.17. The van der Waals surface area contributed by atoms with Crippen molar-refractivity contribution in [1.29, 1.82) is 0 Å². The molecule has 18 heavy (non-hydrogen) atoms. The molecule has 0 spiro atoms. The minimum absolute atomic E-state index is 0.488. The normalized spacial score (nSPS) is 12.7. The van der Waals surface area contributed by atoms with Crippen LogP contribution < -0.4 is 0 Å².